The molecule has 0 aliphatic heterocycles. The molecule has 0 bridgehead atoms. The molecule has 0 aliphatic carbocycles. The molecule has 0 heterocycles. The van der Waals surface area contributed by atoms with Crippen LogP contribution >= 0.6 is 0 Å². The van der Waals surface area contributed by atoms with Crippen molar-refractivity contribution in [1.29, 1.82) is 0 Å². The van der Waals surface area contributed by atoms with E-state index in [2.05, 4.69) is 38.2 Å². The van der Waals surface area contributed by atoms with Gasteiger partial charge in [0.1, 0.15) is 5.75 Å². The molecule has 1 atom stereocenters. The molecule has 1 aromatic carbocycles. The first-order valence-electron chi connectivity index (χ1n) is 8.20. The van der Waals surface area contributed by atoms with E-state index in [1.165, 1.54) is 0 Å². The lowest BCUT2D eigenvalue weighted by molar-refractivity contribution is -0.123. The highest BCUT2D eigenvalue weighted by Gasteiger charge is 2.13. The number of unbranched alkanes of at least 4 members (excludes halogenated alkanes) is 1. The van der Waals surface area contributed by atoms with Crippen LogP contribution in [0.15, 0.2) is 18.2 Å². The van der Waals surface area contributed by atoms with Gasteiger partial charge in [-0.25, -0.2) is 0 Å². The largest absolute Gasteiger partial charge is 0.483 e. The van der Waals surface area contributed by atoms with E-state index in [-0.39, 0.29) is 18.6 Å². The molecule has 1 rings (SSSR count). The Morgan fingerprint density at radius 3 is 2.68 bits per heavy atom. The molecule has 22 heavy (non-hydrogen) atoms. The average molecular weight is 306 g/mol. The summed E-state index contributed by atoms with van der Waals surface area (Å²) in [6.07, 6.45) is 3.09. The Morgan fingerprint density at radius 2 is 2.09 bits per heavy atom. The SMILES string of the molecule is CCCCC(CN)NC(=O)COc1cc(C)ccc1C(C)C. The number of aryl methyl sites for hydroxylation is 1. The molecule has 0 aromatic heterocycles. The molecule has 0 radical (unpaired) electrons. The lowest BCUT2D eigenvalue weighted by Crippen LogP contribution is -2.42. The van der Waals surface area contributed by atoms with E-state index >= 15 is 0 Å². The number of benzene rings is 1. The third-order valence-electron chi connectivity index (χ3n) is 3.71. The van der Waals surface area contributed by atoms with Gasteiger partial charge in [0, 0.05) is 12.6 Å². The van der Waals surface area contributed by atoms with Gasteiger partial charge in [0.05, 0.1) is 0 Å². The second-order valence-electron chi connectivity index (χ2n) is 6.13. The number of carbonyl (C=O) groups is 1. The molecule has 0 aliphatic rings. The van der Waals surface area contributed by atoms with Crippen molar-refractivity contribution in [2.45, 2.75) is 58.9 Å². The minimum atomic E-state index is -0.109. The zero-order valence-electron chi connectivity index (χ0n) is 14.3. The zero-order chi connectivity index (χ0) is 16.5. The van der Waals surface area contributed by atoms with Crippen LogP contribution in [-0.2, 0) is 4.79 Å². The molecule has 124 valence electrons. The van der Waals surface area contributed by atoms with Gasteiger partial charge in [0.25, 0.3) is 5.91 Å². The van der Waals surface area contributed by atoms with Crippen molar-refractivity contribution in [3.05, 3.63) is 29.3 Å². The molecule has 0 saturated carbocycles. The second-order valence-corrected chi connectivity index (χ2v) is 6.13. The first-order chi connectivity index (χ1) is 10.5. The summed E-state index contributed by atoms with van der Waals surface area (Å²) in [6.45, 7) is 8.88. The number of nitrogens with two attached hydrogens (primary N) is 1. The van der Waals surface area contributed by atoms with E-state index in [0.29, 0.717) is 12.5 Å². The molecule has 0 saturated heterocycles. The summed E-state index contributed by atoms with van der Waals surface area (Å²) in [5.41, 5.74) is 7.95. The van der Waals surface area contributed by atoms with Gasteiger partial charge in [0.2, 0.25) is 0 Å². The maximum atomic E-state index is 12.0. The molecular weight excluding hydrogens is 276 g/mol. The summed E-state index contributed by atoms with van der Waals surface area (Å²) in [6, 6.07) is 6.16. The molecule has 1 aromatic rings. The summed E-state index contributed by atoms with van der Waals surface area (Å²) in [5.74, 6) is 1.05. The minimum absolute atomic E-state index is 0.0335. The van der Waals surface area contributed by atoms with Crippen molar-refractivity contribution in [3.8, 4) is 5.75 Å². The van der Waals surface area contributed by atoms with Gasteiger partial charge >= 0.3 is 0 Å². The van der Waals surface area contributed by atoms with Crippen LogP contribution in [0.25, 0.3) is 0 Å². The molecule has 1 unspecified atom stereocenters. The first-order valence-corrected chi connectivity index (χ1v) is 8.20. The monoisotopic (exact) mass is 306 g/mol. The molecule has 4 nitrogen and oxygen atoms in total. The predicted octanol–water partition coefficient (Wildman–Crippen LogP) is 3.13. The van der Waals surface area contributed by atoms with Gasteiger partial charge in [-0.1, -0.05) is 45.7 Å². The van der Waals surface area contributed by atoms with E-state index in [9.17, 15) is 4.79 Å². The number of rotatable bonds is 9. The molecule has 0 fully saturated rings. The van der Waals surface area contributed by atoms with Crippen LogP contribution < -0.4 is 15.8 Å². The van der Waals surface area contributed by atoms with Gasteiger partial charge in [-0.05, 0) is 36.5 Å². The Morgan fingerprint density at radius 1 is 1.36 bits per heavy atom. The summed E-state index contributed by atoms with van der Waals surface area (Å²) < 4.78 is 5.74. The Balaban J connectivity index is 2.58. The van der Waals surface area contributed by atoms with Gasteiger partial charge < -0.3 is 15.8 Å². The van der Waals surface area contributed by atoms with Crippen molar-refractivity contribution in [2.75, 3.05) is 13.2 Å². The topological polar surface area (TPSA) is 64.3 Å². The van der Waals surface area contributed by atoms with Gasteiger partial charge in [-0.3, -0.25) is 4.79 Å². The fourth-order valence-corrected chi connectivity index (χ4v) is 2.36. The minimum Gasteiger partial charge on any atom is -0.483 e. The van der Waals surface area contributed by atoms with Crippen molar-refractivity contribution >= 4 is 5.91 Å². The van der Waals surface area contributed by atoms with Crippen molar-refractivity contribution < 1.29 is 9.53 Å². The van der Waals surface area contributed by atoms with Crippen molar-refractivity contribution in [3.63, 3.8) is 0 Å². The number of nitrogens with one attached hydrogen (secondary N) is 1. The molecular formula is C18H30N2O2. The van der Waals surface area contributed by atoms with Crippen LogP contribution in [0.3, 0.4) is 0 Å². The van der Waals surface area contributed by atoms with Gasteiger partial charge in [0.15, 0.2) is 6.61 Å². The van der Waals surface area contributed by atoms with Gasteiger partial charge in [-0.2, -0.15) is 0 Å². The van der Waals surface area contributed by atoms with Crippen molar-refractivity contribution in [1.82, 2.24) is 5.32 Å². The Hall–Kier alpha value is -1.55. The highest BCUT2D eigenvalue weighted by atomic mass is 16.5. The van der Waals surface area contributed by atoms with E-state index in [0.717, 1.165) is 36.1 Å². The number of hydrogen-bond acceptors (Lipinski definition) is 3. The van der Waals surface area contributed by atoms with Crippen LogP contribution in [0.2, 0.25) is 0 Å². The Kier molecular flexibility index (Phi) is 7.96. The lowest BCUT2D eigenvalue weighted by atomic mass is 10.0. The zero-order valence-corrected chi connectivity index (χ0v) is 14.3. The summed E-state index contributed by atoms with van der Waals surface area (Å²) in [4.78, 5) is 12.0. The normalized spacial score (nSPS) is 12.3. The van der Waals surface area contributed by atoms with Crippen LogP contribution in [-0.4, -0.2) is 25.1 Å². The molecule has 4 heteroatoms. The fraction of sp³-hybridized carbons (Fsp3) is 0.611. The Labute approximate surface area is 134 Å². The fourth-order valence-electron chi connectivity index (χ4n) is 2.36. The standard InChI is InChI=1S/C18H30N2O2/c1-5-6-7-15(11-19)20-18(21)12-22-17-10-14(4)8-9-16(17)13(2)3/h8-10,13,15H,5-7,11-12,19H2,1-4H3,(H,20,21). The lowest BCUT2D eigenvalue weighted by Gasteiger charge is -2.18. The predicted molar refractivity (Wildman–Crippen MR) is 91.3 cm³/mol. The smallest absolute Gasteiger partial charge is 0.258 e. The summed E-state index contributed by atoms with van der Waals surface area (Å²) in [5, 5.41) is 2.95. The van der Waals surface area contributed by atoms with E-state index in [1.807, 2.05) is 13.0 Å². The third-order valence-corrected chi connectivity index (χ3v) is 3.71. The summed E-state index contributed by atoms with van der Waals surface area (Å²) in [7, 11) is 0. The maximum absolute atomic E-state index is 12.0. The quantitative estimate of drug-likeness (QED) is 0.736. The number of amides is 1. The highest BCUT2D eigenvalue weighted by Crippen LogP contribution is 2.27. The van der Waals surface area contributed by atoms with Crippen LogP contribution in [0.4, 0.5) is 0 Å². The first kappa shape index (κ1) is 18.5. The van der Waals surface area contributed by atoms with Gasteiger partial charge in [-0.15, -0.1) is 0 Å². The van der Waals surface area contributed by atoms with E-state index in [4.69, 9.17) is 10.5 Å². The van der Waals surface area contributed by atoms with Crippen LogP contribution in [0, 0.1) is 6.92 Å². The molecule has 1 amide bonds. The maximum Gasteiger partial charge on any atom is 0.258 e. The van der Waals surface area contributed by atoms with E-state index < -0.39 is 0 Å². The van der Waals surface area contributed by atoms with Crippen LogP contribution in [0.1, 0.15) is 57.1 Å². The van der Waals surface area contributed by atoms with E-state index in [1.54, 1.807) is 0 Å². The van der Waals surface area contributed by atoms with Crippen LogP contribution in [0.5, 0.6) is 5.75 Å². The molecule has 0 spiro atoms. The summed E-state index contributed by atoms with van der Waals surface area (Å²) >= 11 is 0. The number of carbonyl (C=O) groups excluding carboxylic acids is 1. The highest BCUT2D eigenvalue weighted by molar-refractivity contribution is 5.77. The third kappa shape index (κ3) is 6.06. The number of hydrogen-bond donors (Lipinski definition) is 2. The molecule has 3 N–H and O–H groups in total. The van der Waals surface area contributed by atoms with Crippen molar-refractivity contribution in [2.24, 2.45) is 5.73 Å². The second kappa shape index (κ2) is 9.46. The number of ether oxygens (including phenoxy) is 1. The Bertz CT molecular complexity index is 472. The average Bonchev–Trinajstić information content (AvgIpc) is 2.49.